The minimum absolute atomic E-state index is 0.303. The molecule has 2 N–H and O–H groups in total. The molecule has 2 heterocycles. The topological polar surface area (TPSA) is 74.2 Å². The summed E-state index contributed by atoms with van der Waals surface area (Å²) in [5.74, 6) is 0.890. The van der Waals surface area contributed by atoms with E-state index in [1.165, 1.54) is 0 Å². The molecule has 0 bridgehead atoms. The van der Waals surface area contributed by atoms with Crippen LogP contribution in [0.3, 0.4) is 0 Å². The molecule has 3 rings (SSSR count). The van der Waals surface area contributed by atoms with Gasteiger partial charge in [0.1, 0.15) is 0 Å². The number of hydrogen-bond donors (Lipinski definition) is 1. The van der Waals surface area contributed by atoms with Crippen LogP contribution in [0, 0.1) is 0 Å². The predicted octanol–water partition coefficient (Wildman–Crippen LogP) is 2.48. The number of nitrogen functional groups attached to an aromatic ring is 1. The number of benzene rings is 1. The second kappa shape index (κ2) is 4.03. The molecule has 0 aliphatic heterocycles. The number of ether oxygens (including phenoxy) is 1. The third kappa shape index (κ3) is 1.57. The lowest BCUT2D eigenvalue weighted by atomic mass is 10.0. The lowest BCUT2D eigenvalue weighted by Crippen LogP contribution is -1.89. The quantitative estimate of drug-likeness (QED) is 0.746. The third-order valence-electron chi connectivity index (χ3n) is 2.83. The van der Waals surface area contributed by atoms with Gasteiger partial charge in [0.25, 0.3) is 0 Å². The number of rotatable bonds is 2. The van der Waals surface area contributed by atoms with Crippen LogP contribution >= 0.6 is 0 Å². The van der Waals surface area contributed by atoms with Gasteiger partial charge in [0.05, 0.1) is 18.9 Å². The summed E-state index contributed by atoms with van der Waals surface area (Å²) >= 11 is 0. The molecule has 0 radical (unpaired) electrons. The molecule has 0 saturated heterocycles. The minimum atomic E-state index is 0.303. The Labute approximate surface area is 103 Å². The monoisotopic (exact) mass is 241 g/mol. The highest BCUT2D eigenvalue weighted by molar-refractivity contribution is 5.91. The van der Waals surface area contributed by atoms with E-state index < -0.39 is 0 Å². The summed E-state index contributed by atoms with van der Waals surface area (Å²) in [6.45, 7) is 0. The van der Waals surface area contributed by atoms with Crippen molar-refractivity contribution in [3.63, 3.8) is 0 Å². The number of methoxy groups -OCH3 is 1. The van der Waals surface area contributed by atoms with E-state index in [0.717, 1.165) is 21.9 Å². The predicted molar refractivity (Wildman–Crippen MR) is 68.2 cm³/mol. The van der Waals surface area contributed by atoms with Gasteiger partial charge >= 0.3 is 0 Å². The van der Waals surface area contributed by atoms with Gasteiger partial charge in [-0.05, 0) is 23.1 Å². The van der Waals surface area contributed by atoms with Crippen LogP contribution in [-0.4, -0.2) is 17.3 Å². The zero-order valence-electron chi connectivity index (χ0n) is 9.75. The van der Waals surface area contributed by atoms with Crippen molar-refractivity contribution in [2.24, 2.45) is 0 Å². The van der Waals surface area contributed by atoms with Crippen LogP contribution in [-0.2, 0) is 0 Å². The maximum absolute atomic E-state index is 5.71. The van der Waals surface area contributed by atoms with Crippen LogP contribution < -0.4 is 10.5 Å². The average molecular weight is 241 g/mol. The van der Waals surface area contributed by atoms with Crippen LogP contribution in [0.1, 0.15) is 0 Å². The van der Waals surface area contributed by atoms with Crippen molar-refractivity contribution >= 4 is 16.7 Å². The largest absolute Gasteiger partial charge is 0.481 e. The highest BCUT2D eigenvalue weighted by atomic mass is 16.5. The average Bonchev–Trinajstić information content (AvgIpc) is 2.83. The Kier molecular flexibility index (Phi) is 2.37. The maximum atomic E-state index is 5.71. The molecule has 0 unspecified atom stereocenters. The van der Waals surface area contributed by atoms with Gasteiger partial charge in [-0.3, -0.25) is 0 Å². The molecule has 0 aliphatic carbocycles. The molecule has 1 aromatic carbocycles. The Morgan fingerprint density at radius 1 is 1.28 bits per heavy atom. The molecule has 2 aromatic heterocycles. The van der Waals surface area contributed by atoms with Gasteiger partial charge in [0.2, 0.25) is 11.8 Å². The Morgan fingerprint density at radius 2 is 2.17 bits per heavy atom. The van der Waals surface area contributed by atoms with Gasteiger partial charge in [0.15, 0.2) is 0 Å². The number of anilines is 1. The van der Waals surface area contributed by atoms with Crippen molar-refractivity contribution in [1.82, 2.24) is 10.1 Å². The summed E-state index contributed by atoms with van der Waals surface area (Å²) in [6, 6.07) is 7.84. The summed E-state index contributed by atoms with van der Waals surface area (Å²) in [4.78, 5) is 4.18. The standard InChI is InChI=1S/C13H11N3O2/c1-17-13-10-6-9(11-7-16-18-12(11)14)3-2-8(10)4-5-15-13/h2-7H,14H2,1H3. The van der Waals surface area contributed by atoms with E-state index >= 15 is 0 Å². The SMILES string of the molecule is COc1nccc2ccc(-c3cnoc3N)cc12. The van der Waals surface area contributed by atoms with Gasteiger partial charge in [-0.25, -0.2) is 4.98 Å². The zero-order chi connectivity index (χ0) is 12.5. The Bertz CT molecular complexity index is 706. The summed E-state index contributed by atoms with van der Waals surface area (Å²) in [7, 11) is 1.60. The molecule has 0 amide bonds. The summed E-state index contributed by atoms with van der Waals surface area (Å²) in [5, 5.41) is 5.66. The van der Waals surface area contributed by atoms with Crippen molar-refractivity contribution in [2.75, 3.05) is 12.8 Å². The fourth-order valence-electron chi connectivity index (χ4n) is 1.94. The molecule has 5 nitrogen and oxygen atoms in total. The molecule has 0 spiro atoms. The number of hydrogen-bond acceptors (Lipinski definition) is 5. The second-order valence-corrected chi connectivity index (χ2v) is 3.86. The van der Waals surface area contributed by atoms with E-state index in [-0.39, 0.29) is 0 Å². The molecular weight excluding hydrogens is 230 g/mol. The van der Waals surface area contributed by atoms with Crippen molar-refractivity contribution in [1.29, 1.82) is 0 Å². The molecule has 0 fully saturated rings. The van der Waals surface area contributed by atoms with Crippen LogP contribution in [0.15, 0.2) is 41.2 Å². The van der Waals surface area contributed by atoms with E-state index in [1.807, 2.05) is 24.3 Å². The van der Waals surface area contributed by atoms with Gasteiger partial charge in [-0.15, -0.1) is 0 Å². The first kappa shape index (κ1) is 10.6. The lowest BCUT2D eigenvalue weighted by Gasteiger charge is -2.05. The van der Waals surface area contributed by atoms with Crippen LogP contribution in [0.5, 0.6) is 5.88 Å². The number of fused-ring (bicyclic) bond motifs is 1. The third-order valence-corrected chi connectivity index (χ3v) is 2.83. The number of pyridine rings is 1. The van der Waals surface area contributed by atoms with Gasteiger partial charge in [-0.2, -0.15) is 0 Å². The summed E-state index contributed by atoms with van der Waals surface area (Å²) in [6.07, 6.45) is 3.31. The normalized spacial score (nSPS) is 10.7. The molecule has 0 atom stereocenters. The zero-order valence-corrected chi connectivity index (χ0v) is 9.75. The first-order chi connectivity index (χ1) is 8.79. The van der Waals surface area contributed by atoms with Gasteiger partial charge in [-0.1, -0.05) is 17.3 Å². The molecule has 18 heavy (non-hydrogen) atoms. The number of aromatic nitrogens is 2. The van der Waals surface area contributed by atoms with Crippen molar-refractivity contribution < 1.29 is 9.26 Å². The van der Waals surface area contributed by atoms with Gasteiger partial charge < -0.3 is 15.0 Å². The van der Waals surface area contributed by atoms with Crippen LogP contribution in [0.25, 0.3) is 21.9 Å². The molecule has 0 aliphatic rings. The maximum Gasteiger partial charge on any atom is 0.229 e. The van der Waals surface area contributed by atoms with Crippen molar-refractivity contribution in [3.8, 4) is 17.0 Å². The molecule has 3 aromatic rings. The lowest BCUT2D eigenvalue weighted by molar-refractivity contribution is 0.403. The first-order valence-electron chi connectivity index (χ1n) is 5.43. The fraction of sp³-hybridized carbons (Fsp3) is 0.0769. The molecule has 90 valence electrons. The highest BCUT2D eigenvalue weighted by Gasteiger charge is 2.09. The van der Waals surface area contributed by atoms with Crippen molar-refractivity contribution in [3.05, 3.63) is 36.7 Å². The fourth-order valence-corrected chi connectivity index (χ4v) is 1.94. The first-order valence-corrected chi connectivity index (χ1v) is 5.43. The Hall–Kier alpha value is -2.56. The van der Waals surface area contributed by atoms with E-state index in [1.54, 1.807) is 19.5 Å². The van der Waals surface area contributed by atoms with E-state index in [2.05, 4.69) is 10.1 Å². The molecule has 0 saturated carbocycles. The summed E-state index contributed by atoms with van der Waals surface area (Å²) < 4.78 is 10.1. The minimum Gasteiger partial charge on any atom is -0.481 e. The second-order valence-electron chi connectivity index (χ2n) is 3.86. The summed E-state index contributed by atoms with van der Waals surface area (Å²) in [5.41, 5.74) is 7.40. The Morgan fingerprint density at radius 3 is 2.89 bits per heavy atom. The number of nitrogens with zero attached hydrogens (tertiary/aromatic N) is 2. The molecule has 5 heteroatoms. The number of nitrogens with two attached hydrogens (primary N) is 1. The van der Waals surface area contributed by atoms with E-state index in [4.69, 9.17) is 15.0 Å². The Balaban J connectivity index is 2.25. The van der Waals surface area contributed by atoms with Crippen LogP contribution in [0.2, 0.25) is 0 Å². The van der Waals surface area contributed by atoms with Crippen molar-refractivity contribution in [2.45, 2.75) is 0 Å². The van der Waals surface area contributed by atoms with Gasteiger partial charge in [0, 0.05) is 11.6 Å². The molecular formula is C13H11N3O2. The van der Waals surface area contributed by atoms with Crippen LogP contribution in [0.4, 0.5) is 5.88 Å². The highest BCUT2D eigenvalue weighted by Crippen LogP contribution is 2.31. The van der Waals surface area contributed by atoms with E-state index in [0.29, 0.717) is 11.8 Å². The van der Waals surface area contributed by atoms with E-state index in [9.17, 15) is 0 Å². The smallest absolute Gasteiger partial charge is 0.229 e.